The molecule has 1 fully saturated rings. The van der Waals surface area contributed by atoms with Gasteiger partial charge in [0.2, 0.25) is 5.91 Å². The number of para-hydroxylation sites is 1. The van der Waals surface area contributed by atoms with E-state index < -0.39 is 4.92 Å². The maximum Gasteiger partial charge on any atom is 0.315 e. The highest BCUT2D eigenvalue weighted by molar-refractivity contribution is 5.76. The molecular formula is C19H20N6O4. The first-order valence-corrected chi connectivity index (χ1v) is 9.31. The zero-order chi connectivity index (χ0) is 20.2. The zero-order valence-corrected chi connectivity index (χ0v) is 15.6. The van der Waals surface area contributed by atoms with Gasteiger partial charge < -0.3 is 10.1 Å². The standard InChI is InChI=1S/C19H20N6O4/c26-18(20-10-16-7-4-8-29-16)13-23-12-17(25(27)28)19(22-23)14-9-21-24(11-14)15-5-2-1-3-6-15/h1-3,5-6,9,11-12,16H,4,7-8,10,13H2,(H,20,26)/t16-/m0/s1. The topological polar surface area (TPSA) is 117 Å². The minimum Gasteiger partial charge on any atom is -0.376 e. The average Bonchev–Trinajstić information content (AvgIpc) is 3.47. The molecular weight excluding hydrogens is 376 g/mol. The van der Waals surface area contributed by atoms with Crippen molar-refractivity contribution >= 4 is 11.6 Å². The number of amides is 1. The fraction of sp³-hybridized carbons (Fsp3) is 0.316. The second-order valence-corrected chi connectivity index (χ2v) is 6.77. The number of nitro groups is 1. The van der Waals surface area contributed by atoms with Crippen LogP contribution in [0.3, 0.4) is 0 Å². The SMILES string of the molecule is O=C(Cn1cc([N+](=O)[O-])c(-c2cnn(-c3ccccc3)c2)n1)NC[C@@H]1CCCO1. The molecule has 150 valence electrons. The average molecular weight is 396 g/mol. The normalized spacial score (nSPS) is 16.1. The molecule has 1 saturated heterocycles. The lowest BCUT2D eigenvalue weighted by Crippen LogP contribution is -2.34. The third kappa shape index (κ3) is 4.32. The third-order valence-electron chi connectivity index (χ3n) is 4.67. The molecule has 1 aromatic carbocycles. The Bertz CT molecular complexity index is 1010. The van der Waals surface area contributed by atoms with Crippen LogP contribution in [-0.4, -0.2) is 49.6 Å². The van der Waals surface area contributed by atoms with Crippen LogP contribution in [0.25, 0.3) is 16.9 Å². The van der Waals surface area contributed by atoms with Gasteiger partial charge in [-0.3, -0.25) is 19.6 Å². The number of hydrogen-bond acceptors (Lipinski definition) is 6. The fourth-order valence-corrected chi connectivity index (χ4v) is 3.23. The second kappa shape index (κ2) is 8.23. The van der Waals surface area contributed by atoms with Crippen molar-refractivity contribution in [3.05, 3.63) is 59.0 Å². The van der Waals surface area contributed by atoms with Gasteiger partial charge in [-0.05, 0) is 25.0 Å². The van der Waals surface area contributed by atoms with Gasteiger partial charge in [0, 0.05) is 24.9 Å². The summed E-state index contributed by atoms with van der Waals surface area (Å²) in [5, 5.41) is 22.8. The molecule has 0 saturated carbocycles. The van der Waals surface area contributed by atoms with E-state index in [1.807, 2.05) is 30.3 Å². The second-order valence-electron chi connectivity index (χ2n) is 6.77. The number of hydrogen-bond donors (Lipinski definition) is 1. The van der Waals surface area contributed by atoms with Crippen LogP contribution in [0.1, 0.15) is 12.8 Å². The molecule has 0 spiro atoms. The number of carbonyl (C=O) groups is 1. The molecule has 0 bridgehead atoms. The number of benzene rings is 1. The molecule has 3 aromatic rings. The molecule has 1 atom stereocenters. The smallest absolute Gasteiger partial charge is 0.315 e. The molecule has 1 aliphatic heterocycles. The number of aromatic nitrogens is 4. The Morgan fingerprint density at radius 2 is 2.14 bits per heavy atom. The Balaban J connectivity index is 1.50. The molecule has 1 aliphatic rings. The summed E-state index contributed by atoms with van der Waals surface area (Å²) in [5.74, 6) is -0.274. The predicted octanol–water partition coefficient (Wildman–Crippen LogP) is 1.94. The highest BCUT2D eigenvalue weighted by Crippen LogP contribution is 2.28. The maximum atomic E-state index is 12.2. The van der Waals surface area contributed by atoms with E-state index in [1.54, 1.807) is 10.9 Å². The Labute approximate surface area is 166 Å². The van der Waals surface area contributed by atoms with Crippen LogP contribution in [0, 0.1) is 10.1 Å². The minimum atomic E-state index is -0.511. The van der Waals surface area contributed by atoms with Crippen molar-refractivity contribution in [3.8, 4) is 16.9 Å². The van der Waals surface area contributed by atoms with Gasteiger partial charge >= 0.3 is 5.69 Å². The van der Waals surface area contributed by atoms with Crippen molar-refractivity contribution < 1.29 is 14.5 Å². The van der Waals surface area contributed by atoms with E-state index >= 15 is 0 Å². The zero-order valence-electron chi connectivity index (χ0n) is 15.6. The van der Waals surface area contributed by atoms with E-state index in [2.05, 4.69) is 15.5 Å². The highest BCUT2D eigenvalue weighted by Gasteiger charge is 2.23. The lowest BCUT2D eigenvalue weighted by Gasteiger charge is -2.10. The molecule has 29 heavy (non-hydrogen) atoms. The van der Waals surface area contributed by atoms with E-state index in [4.69, 9.17) is 4.74 Å². The molecule has 10 heteroatoms. The van der Waals surface area contributed by atoms with E-state index in [9.17, 15) is 14.9 Å². The summed E-state index contributed by atoms with van der Waals surface area (Å²) in [7, 11) is 0. The summed E-state index contributed by atoms with van der Waals surface area (Å²) in [5.41, 5.74) is 1.32. The van der Waals surface area contributed by atoms with Crippen LogP contribution in [-0.2, 0) is 16.1 Å². The number of carbonyl (C=O) groups excluding carboxylic acids is 1. The molecule has 0 unspecified atom stereocenters. The Kier molecular flexibility index (Phi) is 5.34. The summed E-state index contributed by atoms with van der Waals surface area (Å²) in [4.78, 5) is 23.1. The molecule has 4 rings (SSSR count). The van der Waals surface area contributed by atoms with E-state index in [0.717, 1.165) is 18.5 Å². The quantitative estimate of drug-likeness (QED) is 0.482. The van der Waals surface area contributed by atoms with Crippen molar-refractivity contribution in [2.45, 2.75) is 25.5 Å². The fourth-order valence-electron chi connectivity index (χ4n) is 3.23. The molecule has 10 nitrogen and oxygen atoms in total. The van der Waals surface area contributed by atoms with Crippen molar-refractivity contribution in [2.75, 3.05) is 13.2 Å². The number of ether oxygens (including phenoxy) is 1. The lowest BCUT2D eigenvalue weighted by atomic mass is 10.2. The summed E-state index contributed by atoms with van der Waals surface area (Å²) >= 11 is 0. The summed E-state index contributed by atoms with van der Waals surface area (Å²) in [6.45, 7) is 1.03. The third-order valence-corrected chi connectivity index (χ3v) is 4.67. The Hall–Kier alpha value is -3.53. The van der Waals surface area contributed by atoms with Crippen LogP contribution in [0.5, 0.6) is 0 Å². The molecule has 0 aliphatic carbocycles. The van der Waals surface area contributed by atoms with Gasteiger partial charge in [0.05, 0.1) is 22.9 Å². The Morgan fingerprint density at radius 1 is 1.31 bits per heavy atom. The monoisotopic (exact) mass is 396 g/mol. The van der Waals surface area contributed by atoms with Crippen LogP contribution < -0.4 is 5.32 Å². The van der Waals surface area contributed by atoms with Crippen molar-refractivity contribution in [1.82, 2.24) is 24.9 Å². The van der Waals surface area contributed by atoms with Gasteiger partial charge in [0.25, 0.3) is 0 Å². The van der Waals surface area contributed by atoms with Crippen molar-refractivity contribution in [1.29, 1.82) is 0 Å². The Morgan fingerprint density at radius 3 is 2.86 bits per heavy atom. The van der Waals surface area contributed by atoms with Crippen molar-refractivity contribution in [2.24, 2.45) is 0 Å². The largest absolute Gasteiger partial charge is 0.376 e. The summed E-state index contributed by atoms with van der Waals surface area (Å²) in [6, 6.07) is 9.40. The number of nitrogens with one attached hydrogen (secondary N) is 1. The molecule has 0 radical (unpaired) electrons. The number of rotatable bonds is 7. The van der Waals surface area contributed by atoms with Crippen molar-refractivity contribution in [3.63, 3.8) is 0 Å². The molecule has 1 N–H and O–H groups in total. The van der Waals surface area contributed by atoms with E-state index in [-0.39, 0.29) is 29.9 Å². The highest BCUT2D eigenvalue weighted by atomic mass is 16.6. The summed E-state index contributed by atoms with van der Waals surface area (Å²) in [6.07, 6.45) is 6.40. The maximum absolute atomic E-state index is 12.2. The first-order chi connectivity index (χ1) is 14.1. The molecule has 2 aromatic heterocycles. The lowest BCUT2D eigenvalue weighted by molar-refractivity contribution is -0.384. The van der Waals surface area contributed by atoms with Gasteiger partial charge in [0.1, 0.15) is 12.7 Å². The van der Waals surface area contributed by atoms with Crippen LogP contribution >= 0.6 is 0 Å². The van der Waals surface area contributed by atoms with Gasteiger partial charge in [-0.25, -0.2) is 4.68 Å². The van der Waals surface area contributed by atoms with Crippen LogP contribution in [0.2, 0.25) is 0 Å². The summed E-state index contributed by atoms with van der Waals surface area (Å²) < 4.78 is 8.36. The van der Waals surface area contributed by atoms with Gasteiger partial charge in [-0.1, -0.05) is 18.2 Å². The number of nitrogens with zero attached hydrogens (tertiary/aromatic N) is 5. The van der Waals surface area contributed by atoms with Gasteiger partial charge in [-0.15, -0.1) is 0 Å². The van der Waals surface area contributed by atoms with Crippen LogP contribution in [0.15, 0.2) is 48.9 Å². The van der Waals surface area contributed by atoms with E-state index in [0.29, 0.717) is 18.7 Å². The predicted molar refractivity (Wildman–Crippen MR) is 103 cm³/mol. The first kappa shape index (κ1) is 18.8. The van der Waals surface area contributed by atoms with E-state index in [1.165, 1.54) is 17.1 Å². The molecule has 3 heterocycles. The van der Waals surface area contributed by atoms with Gasteiger partial charge in [-0.2, -0.15) is 10.2 Å². The van der Waals surface area contributed by atoms with Gasteiger partial charge in [0.15, 0.2) is 5.69 Å². The molecule has 1 amide bonds. The first-order valence-electron chi connectivity index (χ1n) is 9.31. The minimum absolute atomic E-state index is 0.0327. The van der Waals surface area contributed by atoms with Crippen LogP contribution in [0.4, 0.5) is 5.69 Å².